The second kappa shape index (κ2) is 8.61. The molecule has 1 amide bonds. The number of rotatable bonds is 6. The standard InChI is InChI=1S/C22H26N4OS/c1-6-17-7-9-18(10-8-17)20-24-22(26-25-20)28-16(5)21(27)23-19-14(3)11-13(2)12-15(19)4/h7-12,16H,6H2,1-5H3,(H,23,27)(H,24,25,26)/t16-/m0/s1. The van der Waals surface area contributed by atoms with Crippen molar-refractivity contribution in [1.29, 1.82) is 0 Å². The average Bonchev–Trinajstić information content (AvgIpc) is 3.13. The Labute approximate surface area is 170 Å². The zero-order valence-electron chi connectivity index (χ0n) is 17.0. The maximum absolute atomic E-state index is 12.7. The summed E-state index contributed by atoms with van der Waals surface area (Å²) < 4.78 is 0. The number of aromatic nitrogens is 3. The molecule has 0 unspecified atom stereocenters. The highest BCUT2D eigenvalue weighted by atomic mass is 32.2. The van der Waals surface area contributed by atoms with Crippen LogP contribution in [0.15, 0.2) is 41.6 Å². The van der Waals surface area contributed by atoms with Gasteiger partial charge in [0.2, 0.25) is 11.1 Å². The summed E-state index contributed by atoms with van der Waals surface area (Å²) in [5, 5.41) is 10.5. The summed E-state index contributed by atoms with van der Waals surface area (Å²) in [6, 6.07) is 12.4. The molecule has 2 aromatic carbocycles. The zero-order chi connectivity index (χ0) is 20.3. The largest absolute Gasteiger partial charge is 0.325 e. The molecule has 0 radical (unpaired) electrons. The van der Waals surface area contributed by atoms with Gasteiger partial charge in [0.15, 0.2) is 5.82 Å². The van der Waals surface area contributed by atoms with E-state index in [0.29, 0.717) is 11.0 Å². The summed E-state index contributed by atoms with van der Waals surface area (Å²) in [4.78, 5) is 17.2. The maximum atomic E-state index is 12.7. The Morgan fingerprint density at radius 1 is 1.14 bits per heavy atom. The molecule has 3 aromatic rings. The van der Waals surface area contributed by atoms with Gasteiger partial charge < -0.3 is 5.32 Å². The van der Waals surface area contributed by atoms with Crippen molar-refractivity contribution in [2.24, 2.45) is 0 Å². The van der Waals surface area contributed by atoms with Crippen molar-refractivity contribution < 1.29 is 4.79 Å². The lowest BCUT2D eigenvalue weighted by atomic mass is 10.1. The average molecular weight is 395 g/mol. The molecule has 0 spiro atoms. The van der Waals surface area contributed by atoms with Crippen LogP contribution in [0.1, 0.15) is 36.1 Å². The quantitative estimate of drug-likeness (QED) is 0.572. The van der Waals surface area contributed by atoms with Crippen molar-refractivity contribution in [3.63, 3.8) is 0 Å². The fourth-order valence-corrected chi connectivity index (χ4v) is 3.86. The van der Waals surface area contributed by atoms with Gasteiger partial charge >= 0.3 is 0 Å². The predicted molar refractivity (Wildman–Crippen MR) is 116 cm³/mol. The number of anilines is 1. The van der Waals surface area contributed by atoms with E-state index in [1.807, 2.05) is 32.9 Å². The fourth-order valence-electron chi connectivity index (χ4n) is 3.14. The van der Waals surface area contributed by atoms with E-state index in [0.717, 1.165) is 28.8 Å². The summed E-state index contributed by atoms with van der Waals surface area (Å²) in [5.74, 6) is 0.654. The number of aromatic amines is 1. The van der Waals surface area contributed by atoms with E-state index in [1.165, 1.54) is 22.9 Å². The third-order valence-corrected chi connectivity index (χ3v) is 5.64. The Hall–Kier alpha value is -2.60. The van der Waals surface area contributed by atoms with E-state index in [2.05, 4.69) is 58.6 Å². The topological polar surface area (TPSA) is 70.7 Å². The van der Waals surface area contributed by atoms with Crippen molar-refractivity contribution in [2.75, 3.05) is 5.32 Å². The van der Waals surface area contributed by atoms with Gasteiger partial charge in [-0.1, -0.05) is 60.6 Å². The Morgan fingerprint density at radius 2 is 1.79 bits per heavy atom. The number of thioether (sulfide) groups is 1. The number of nitrogens with zero attached hydrogens (tertiary/aromatic N) is 2. The number of hydrogen-bond acceptors (Lipinski definition) is 4. The van der Waals surface area contributed by atoms with E-state index in [1.54, 1.807) is 0 Å². The van der Waals surface area contributed by atoms with Crippen LogP contribution in [0.4, 0.5) is 5.69 Å². The monoisotopic (exact) mass is 394 g/mol. The van der Waals surface area contributed by atoms with Crippen LogP contribution in [0.3, 0.4) is 0 Å². The lowest BCUT2D eigenvalue weighted by molar-refractivity contribution is -0.115. The molecule has 0 fully saturated rings. The van der Waals surface area contributed by atoms with Gasteiger partial charge in [0.05, 0.1) is 5.25 Å². The van der Waals surface area contributed by atoms with Gasteiger partial charge in [0.25, 0.3) is 0 Å². The van der Waals surface area contributed by atoms with Crippen LogP contribution in [-0.4, -0.2) is 26.3 Å². The van der Waals surface area contributed by atoms with E-state index in [9.17, 15) is 4.79 Å². The van der Waals surface area contributed by atoms with E-state index in [4.69, 9.17) is 0 Å². The first-order valence-electron chi connectivity index (χ1n) is 9.44. The lowest BCUT2D eigenvalue weighted by Crippen LogP contribution is -2.23. The Bertz CT molecular complexity index is 955. The highest BCUT2D eigenvalue weighted by molar-refractivity contribution is 8.00. The molecule has 146 valence electrons. The maximum Gasteiger partial charge on any atom is 0.237 e. The summed E-state index contributed by atoms with van der Waals surface area (Å²) in [6.45, 7) is 10.1. The van der Waals surface area contributed by atoms with Crippen molar-refractivity contribution in [1.82, 2.24) is 15.2 Å². The normalized spacial score (nSPS) is 12.0. The number of nitrogens with one attached hydrogen (secondary N) is 2. The molecule has 0 aliphatic carbocycles. The number of amides is 1. The molecular formula is C22H26N4OS. The summed E-state index contributed by atoms with van der Waals surface area (Å²) in [5.41, 5.74) is 6.48. The molecule has 0 aliphatic rings. The molecular weight excluding hydrogens is 368 g/mol. The number of H-pyrrole nitrogens is 1. The third-order valence-electron chi connectivity index (χ3n) is 4.68. The van der Waals surface area contributed by atoms with Crippen molar-refractivity contribution in [3.05, 3.63) is 58.7 Å². The van der Waals surface area contributed by atoms with Crippen LogP contribution in [0, 0.1) is 20.8 Å². The van der Waals surface area contributed by atoms with Gasteiger partial charge in [-0.2, -0.15) is 0 Å². The molecule has 1 aromatic heterocycles. The number of hydrogen-bond donors (Lipinski definition) is 2. The van der Waals surface area contributed by atoms with Crippen molar-refractivity contribution in [3.8, 4) is 11.4 Å². The Balaban J connectivity index is 1.67. The highest BCUT2D eigenvalue weighted by Gasteiger charge is 2.19. The van der Waals surface area contributed by atoms with Gasteiger partial charge in [0, 0.05) is 11.3 Å². The first-order valence-corrected chi connectivity index (χ1v) is 10.3. The zero-order valence-corrected chi connectivity index (χ0v) is 17.8. The van der Waals surface area contributed by atoms with Crippen LogP contribution in [0.2, 0.25) is 0 Å². The first kappa shape index (κ1) is 20.1. The minimum atomic E-state index is -0.314. The molecule has 28 heavy (non-hydrogen) atoms. The minimum absolute atomic E-state index is 0.0568. The van der Waals surface area contributed by atoms with Gasteiger partial charge in [-0.15, -0.1) is 5.10 Å². The Morgan fingerprint density at radius 3 is 2.39 bits per heavy atom. The van der Waals surface area contributed by atoms with Gasteiger partial charge in [0.1, 0.15) is 0 Å². The van der Waals surface area contributed by atoms with Gasteiger partial charge in [-0.3, -0.25) is 9.89 Å². The van der Waals surface area contributed by atoms with Gasteiger partial charge in [-0.25, -0.2) is 4.98 Å². The number of carbonyl (C=O) groups is 1. The molecule has 6 heteroatoms. The molecule has 5 nitrogen and oxygen atoms in total. The summed E-state index contributed by atoms with van der Waals surface area (Å²) >= 11 is 1.34. The van der Waals surface area contributed by atoms with E-state index in [-0.39, 0.29) is 11.2 Å². The molecule has 0 aliphatic heterocycles. The molecule has 1 atom stereocenters. The summed E-state index contributed by atoms with van der Waals surface area (Å²) in [7, 11) is 0. The van der Waals surface area contributed by atoms with Crippen LogP contribution in [0.5, 0.6) is 0 Å². The molecule has 0 saturated carbocycles. The van der Waals surface area contributed by atoms with Crippen LogP contribution in [-0.2, 0) is 11.2 Å². The minimum Gasteiger partial charge on any atom is -0.325 e. The van der Waals surface area contributed by atoms with Crippen LogP contribution < -0.4 is 5.32 Å². The second-order valence-electron chi connectivity index (χ2n) is 7.04. The fraction of sp³-hybridized carbons (Fsp3) is 0.318. The van der Waals surface area contributed by atoms with Crippen molar-refractivity contribution >= 4 is 23.4 Å². The number of benzene rings is 2. The summed E-state index contributed by atoms with van der Waals surface area (Å²) in [6.07, 6.45) is 1.00. The molecule has 0 bridgehead atoms. The first-order chi connectivity index (χ1) is 13.4. The third kappa shape index (κ3) is 4.62. The Kier molecular flexibility index (Phi) is 6.19. The highest BCUT2D eigenvalue weighted by Crippen LogP contribution is 2.26. The van der Waals surface area contributed by atoms with E-state index < -0.39 is 0 Å². The lowest BCUT2D eigenvalue weighted by Gasteiger charge is -2.15. The molecule has 3 rings (SSSR count). The van der Waals surface area contributed by atoms with Crippen LogP contribution in [0.25, 0.3) is 11.4 Å². The molecule has 0 saturated heterocycles. The van der Waals surface area contributed by atoms with Gasteiger partial charge in [-0.05, 0) is 50.8 Å². The predicted octanol–water partition coefficient (Wildman–Crippen LogP) is 5.08. The number of aryl methyl sites for hydroxylation is 4. The van der Waals surface area contributed by atoms with Crippen LogP contribution >= 0.6 is 11.8 Å². The van der Waals surface area contributed by atoms with Crippen molar-refractivity contribution in [2.45, 2.75) is 51.4 Å². The smallest absolute Gasteiger partial charge is 0.237 e. The van der Waals surface area contributed by atoms with E-state index >= 15 is 0 Å². The molecule has 2 N–H and O–H groups in total. The second-order valence-corrected chi connectivity index (χ2v) is 8.35. The number of carbonyl (C=O) groups excluding carboxylic acids is 1. The molecule has 1 heterocycles. The SMILES string of the molecule is CCc1ccc(-c2nc(S[C@@H](C)C(=O)Nc3c(C)cc(C)cc3C)n[nH]2)cc1.